The van der Waals surface area contributed by atoms with Crippen LogP contribution in [0.3, 0.4) is 0 Å². The summed E-state index contributed by atoms with van der Waals surface area (Å²) in [5, 5.41) is 11.2. The number of nitrogens with zero attached hydrogens (tertiary/aromatic N) is 6. The van der Waals surface area contributed by atoms with Crippen molar-refractivity contribution >= 4 is 6.03 Å². The molecule has 1 aliphatic heterocycles. The van der Waals surface area contributed by atoms with Gasteiger partial charge in [0.05, 0.1) is 0 Å². The van der Waals surface area contributed by atoms with Crippen molar-refractivity contribution in [1.29, 1.82) is 0 Å². The molecule has 3 heterocycles. The number of urea groups is 1. The summed E-state index contributed by atoms with van der Waals surface area (Å²) < 4.78 is 4.09. The SMILES string of the molecule is Cc1nccn1CC(C)CNC(=O)N1CCC(c2nncn2C)CC1. The predicted octanol–water partition coefficient (Wildman–Crippen LogP) is 1.55. The van der Waals surface area contributed by atoms with E-state index in [1.807, 2.05) is 35.8 Å². The van der Waals surface area contributed by atoms with Gasteiger partial charge >= 0.3 is 6.03 Å². The summed E-state index contributed by atoms with van der Waals surface area (Å²) in [5.41, 5.74) is 0. The Morgan fingerprint density at radius 1 is 1.40 bits per heavy atom. The van der Waals surface area contributed by atoms with Gasteiger partial charge in [0, 0.05) is 51.5 Å². The molecule has 1 aliphatic rings. The van der Waals surface area contributed by atoms with Crippen molar-refractivity contribution in [3.8, 4) is 0 Å². The molecule has 0 spiro atoms. The van der Waals surface area contributed by atoms with E-state index in [1.54, 1.807) is 6.33 Å². The minimum atomic E-state index is 0.0330. The van der Waals surface area contributed by atoms with Crippen LogP contribution in [0.25, 0.3) is 0 Å². The van der Waals surface area contributed by atoms with Crippen molar-refractivity contribution in [1.82, 2.24) is 34.5 Å². The number of amides is 2. The summed E-state index contributed by atoms with van der Waals surface area (Å²) in [4.78, 5) is 18.5. The van der Waals surface area contributed by atoms with Crippen LogP contribution in [-0.4, -0.2) is 54.9 Å². The highest BCUT2D eigenvalue weighted by atomic mass is 16.2. The van der Waals surface area contributed by atoms with Gasteiger partial charge in [-0.25, -0.2) is 9.78 Å². The van der Waals surface area contributed by atoms with Gasteiger partial charge in [-0.3, -0.25) is 0 Å². The second kappa shape index (κ2) is 7.67. The number of rotatable bonds is 5. The fraction of sp³-hybridized carbons (Fsp3) is 0.647. The zero-order valence-corrected chi connectivity index (χ0v) is 15.2. The lowest BCUT2D eigenvalue weighted by molar-refractivity contribution is 0.178. The molecule has 3 rings (SSSR count). The molecule has 0 saturated carbocycles. The van der Waals surface area contributed by atoms with E-state index in [-0.39, 0.29) is 6.03 Å². The predicted molar refractivity (Wildman–Crippen MR) is 94.1 cm³/mol. The van der Waals surface area contributed by atoms with Crippen molar-refractivity contribution in [2.24, 2.45) is 13.0 Å². The maximum atomic E-state index is 12.4. The molecule has 0 aromatic carbocycles. The summed E-state index contributed by atoms with van der Waals surface area (Å²) >= 11 is 0. The monoisotopic (exact) mass is 345 g/mol. The molecule has 1 saturated heterocycles. The van der Waals surface area contributed by atoms with Gasteiger partial charge in [0.1, 0.15) is 18.0 Å². The van der Waals surface area contributed by atoms with E-state index in [0.717, 1.165) is 44.1 Å². The van der Waals surface area contributed by atoms with E-state index >= 15 is 0 Å². The van der Waals surface area contributed by atoms with Crippen LogP contribution in [0.1, 0.15) is 37.3 Å². The Balaban J connectivity index is 1.42. The molecule has 1 atom stereocenters. The lowest BCUT2D eigenvalue weighted by Crippen LogP contribution is -2.45. The summed E-state index contributed by atoms with van der Waals surface area (Å²) in [6.07, 6.45) is 7.39. The fourth-order valence-corrected chi connectivity index (χ4v) is 3.37. The third-order valence-electron chi connectivity index (χ3n) is 4.93. The van der Waals surface area contributed by atoms with Crippen molar-refractivity contribution < 1.29 is 4.79 Å². The normalized spacial score (nSPS) is 16.8. The van der Waals surface area contributed by atoms with E-state index < -0.39 is 0 Å². The van der Waals surface area contributed by atoms with Gasteiger partial charge in [0.25, 0.3) is 0 Å². The average Bonchev–Trinajstić information content (AvgIpc) is 3.21. The lowest BCUT2D eigenvalue weighted by Gasteiger charge is -2.31. The third-order valence-corrected chi connectivity index (χ3v) is 4.93. The summed E-state index contributed by atoms with van der Waals surface area (Å²) in [6, 6.07) is 0.0330. The minimum Gasteiger partial charge on any atom is -0.338 e. The van der Waals surface area contributed by atoms with E-state index in [1.165, 1.54) is 0 Å². The number of hydrogen-bond acceptors (Lipinski definition) is 4. The number of aryl methyl sites for hydroxylation is 2. The molecule has 0 bridgehead atoms. The number of piperidine rings is 1. The molecule has 1 N–H and O–H groups in total. The first-order valence-corrected chi connectivity index (χ1v) is 8.89. The number of nitrogens with one attached hydrogen (secondary N) is 1. The Morgan fingerprint density at radius 3 is 2.76 bits per heavy atom. The van der Waals surface area contributed by atoms with Crippen molar-refractivity contribution in [2.45, 2.75) is 39.2 Å². The topological polar surface area (TPSA) is 80.9 Å². The number of likely N-dealkylation sites (tertiary alicyclic amines) is 1. The molecule has 2 amide bonds. The fourth-order valence-electron chi connectivity index (χ4n) is 3.37. The summed E-state index contributed by atoms with van der Waals surface area (Å²) in [6.45, 7) is 7.18. The maximum absolute atomic E-state index is 12.4. The van der Waals surface area contributed by atoms with Crippen molar-refractivity contribution in [3.05, 3.63) is 30.4 Å². The first-order chi connectivity index (χ1) is 12.0. The second-order valence-corrected chi connectivity index (χ2v) is 6.98. The largest absolute Gasteiger partial charge is 0.338 e. The molecule has 25 heavy (non-hydrogen) atoms. The van der Waals surface area contributed by atoms with Crippen LogP contribution in [0.5, 0.6) is 0 Å². The van der Waals surface area contributed by atoms with Gasteiger partial charge in [0.15, 0.2) is 0 Å². The number of carbonyl (C=O) groups excluding carboxylic acids is 1. The van der Waals surface area contributed by atoms with Gasteiger partial charge in [-0.05, 0) is 25.7 Å². The van der Waals surface area contributed by atoms with Crippen LogP contribution in [-0.2, 0) is 13.6 Å². The molecule has 1 fully saturated rings. The minimum absolute atomic E-state index is 0.0330. The van der Waals surface area contributed by atoms with Crippen LogP contribution in [0.2, 0.25) is 0 Å². The van der Waals surface area contributed by atoms with E-state index in [9.17, 15) is 4.79 Å². The third kappa shape index (κ3) is 4.18. The van der Waals surface area contributed by atoms with Crippen LogP contribution < -0.4 is 5.32 Å². The van der Waals surface area contributed by atoms with Gasteiger partial charge in [-0.2, -0.15) is 0 Å². The number of imidazole rings is 1. The Kier molecular flexibility index (Phi) is 5.35. The highest BCUT2D eigenvalue weighted by Gasteiger charge is 2.26. The van der Waals surface area contributed by atoms with Gasteiger partial charge in [-0.15, -0.1) is 10.2 Å². The number of aromatic nitrogens is 5. The molecule has 2 aromatic rings. The average molecular weight is 345 g/mol. The Hall–Kier alpha value is -2.38. The van der Waals surface area contributed by atoms with Gasteiger partial charge in [0.2, 0.25) is 0 Å². The zero-order chi connectivity index (χ0) is 17.8. The molecule has 8 nitrogen and oxygen atoms in total. The first kappa shape index (κ1) is 17.4. The first-order valence-electron chi connectivity index (χ1n) is 8.89. The number of carbonyl (C=O) groups is 1. The van der Waals surface area contributed by atoms with Crippen LogP contribution in [0, 0.1) is 12.8 Å². The smallest absolute Gasteiger partial charge is 0.317 e. The van der Waals surface area contributed by atoms with E-state index in [4.69, 9.17) is 0 Å². The number of hydrogen-bond donors (Lipinski definition) is 1. The molecule has 0 aliphatic carbocycles. The van der Waals surface area contributed by atoms with E-state index in [2.05, 4.69) is 32.0 Å². The summed E-state index contributed by atoms with van der Waals surface area (Å²) in [5.74, 6) is 2.76. The molecular weight excluding hydrogens is 318 g/mol. The highest BCUT2D eigenvalue weighted by Crippen LogP contribution is 2.25. The van der Waals surface area contributed by atoms with Crippen molar-refractivity contribution in [3.63, 3.8) is 0 Å². The molecule has 8 heteroatoms. The molecule has 2 aromatic heterocycles. The molecule has 0 radical (unpaired) electrons. The van der Waals surface area contributed by atoms with Gasteiger partial charge < -0.3 is 19.4 Å². The standard InChI is InChI=1S/C17H27N7O/c1-13(11-24-9-6-18-14(24)2)10-19-17(25)23-7-4-15(5-8-23)16-21-20-12-22(16)3/h6,9,12-13,15H,4-5,7-8,10-11H2,1-3H3,(H,19,25). The molecule has 1 unspecified atom stereocenters. The molecular formula is C17H27N7O. The Bertz CT molecular complexity index is 699. The van der Waals surface area contributed by atoms with E-state index in [0.29, 0.717) is 18.4 Å². The summed E-state index contributed by atoms with van der Waals surface area (Å²) in [7, 11) is 1.97. The van der Waals surface area contributed by atoms with Crippen LogP contribution in [0.4, 0.5) is 4.79 Å². The highest BCUT2D eigenvalue weighted by molar-refractivity contribution is 5.74. The maximum Gasteiger partial charge on any atom is 0.317 e. The Morgan fingerprint density at radius 2 is 2.16 bits per heavy atom. The van der Waals surface area contributed by atoms with Gasteiger partial charge in [-0.1, -0.05) is 6.92 Å². The quantitative estimate of drug-likeness (QED) is 0.891. The van der Waals surface area contributed by atoms with Crippen LogP contribution in [0.15, 0.2) is 18.7 Å². The lowest BCUT2D eigenvalue weighted by atomic mass is 9.96. The van der Waals surface area contributed by atoms with Crippen LogP contribution >= 0.6 is 0 Å². The second-order valence-electron chi connectivity index (χ2n) is 6.98. The molecule has 136 valence electrons. The Labute approximate surface area is 148 Å². The zero-order valence-electron chi connectivity index (χ0n) is 15.2. The van der Waals surface area contributed by atoms with Crippen molar-refractivity contribution in [2.75, 3.05) is 19.6 Å².